The summed E-state index contributed by atoms with van der Waals surface area (Å²) in [6, 6.07) is 13.9. The lowest BCUT2D eigenvalue weighted by atomic mass is 9.94. The van der Waals surface area contributed by atoms with Crippen molar-refractivity contribution in [2.24, 2.45) is 0 Å². The zero-order valence-corrected chi connectivity index (χ0v) is 12.7. The van der Waals surface area contributed by atoms with Crippen LogP contribution in [-0.4, -0.2) is 17.6 Å². The lowest BCUT2D eigenvalue weighted by Gasteiger charge is -2.12. The Morgan fingerprint density at radius 1 is 1.18 bits per heavy atom. The molecule has 0 aliphatic rings. The first kappa shape index (κ1) is 14.3. The Kier molecular flexibility index (Phi) is 3.88. The van der Waals surface area contributed by atoms with Gasteiger partial charge in [-0.15, -0.1) is 0 Å². The number of hydrogen-bond donors (Lipinski definition) is 0. The molecule has 0 unspecified atom stereocenters. The zero-order chi connectivity index (χ0) is 15.5. The maximum atomic E-state index is 12.5. The second kappa shape index (κ2) is 5.98. The summed E-state index contributed by atoms with van der Waals surface area (Å²) in [7, 11) is 0. The summed E-state index contributed by atoms with van der Waals surface area (Å²) in [6.45, 7) is 4.21. The van der Waals surface area contributed by atoms with Crippen molar-refractivity contribution in [3.8, 4) is 11.1 Å². The van der Waals surface area contributed by atoms with Crippen molar-refractivity contribution in [2.75, 3.05) is 6.61 Å². The predicted octanol–water partition coefficient (Wildman–Crippen LogP) is 4.39. The number of esters is 1. The SMILES string of the molecule is CCOC(=O)c1c(-c2cccc(C)c2)ccc2cnccc12. The van der Waals surface area contributed by atoms with Gasteiger partial charge < -0.3 is 4.74 Å². The van der Waals surface area contributed by atoms with Crippen LogP contribution in [0.4, 0.5) is 0 Å². The number of hydrogen-bond acceptors (Lipinski definition) is 3. The van der Waals surface area contributed by atoms with Crippen molar-refractivity contribution in [1.82, 2.24) is 4.98 Å². The van der Waals surface area contributed by atoms with Crippen molar-refractivity contribution >= 4 is 16.7 Å². The molecule has 3 rings (SSSR count). The summed E-state index contributed by atoms with van der Waals surface area (Å²) in [5.74, 6) is -0.296. The van der Waals surface area contributed by atoms with Crippen molar-refractivity contribution in [3.05, 3.63) is 66.0 Å². The molecule has 2 aromatic carbocycles. The Balaban J connectivity index is 2.29. The molecule has 0 aliphatic carbocycles. The van der Waals surface area contributed by atoms with E-state index >= 15 is 0 Å². The van der Waals surface area contributed by atoms with Gasteiger partial charge in [-0.25, -0.2) is 4.79 Å². The molecule has 0 aliphatic heterocycles. The number of aromatic nitrogens is 1. The van der Waals surface area contributed by atoms with E-state index in [2.05, 4.69) is 11.1 Å². The molecule has 22 heavy (non-hydrogen) atoms. The molecule has 1 heterocycles. The Bertz CT molecular complexity index is 840. The largest absolute Gasteiger partial charge is 0.462 e. The average molecular weight is 291 g/mol. The summed E-state index contributed by atoms with van der Waals surface area (Å²) < 4.78 is 5.27. The van der Waals surface area contributed by atoms with Gasteiger partial charge in [-0.3, -0.25) is 4.98 Å². The van der Waals surface area contributed by atoms with Crippen molar-refractivity contribution in [2.45, 2.75) is 13.8 Å². The van der Waals surface area contributed by atoms with Crippen LogP contribution in [0.25, 0.3) is 21.9 Å². The first-order chi connectivity index (χ1) is 10.7. The van der Waals surface area contributed by atoms with E-state index in [9.17, 15) is 4.79 Å². The Hall–Kier alpha value is -2.68. The van der Waals surface area contributed by atoms with Gasteiger partial charge in [0.05, 0.1) is 12.2 Å². The molecule has 3 heteroatoms. The number of carbonyl (C=O) groups excluding carboxylic acids is 1. The molecule has 3 nitrogen and oxygen atoms in total. The van der Waals surface area contributed by atoms with Crippen molar-refractivity contribution in [1.29, 1.82) is 0 Å². The van der Waals surface area contributed by atoms with Gasteiger partial charge in [-0.05, 0) is 36.4 Å². The topological polar surface area (TPSA) is 39.2 Å². The number of nitrogens with zero attached hydrogens (tertiary/aromatic N) is 1. The van der Waals surface area contributed by atoms with E-state index in [0.29, 0.717) is 12.2 Å². The van der Waals surface area contributed by atoms with Crippen LogP contribution < -0.4 is 0 Å². The predicted molar refractivity (Wildman–Crippen MR) is 87.9 cm³/mol. The standard InChI is InChI=1S/C19H17NO2/c1-3-22-19(21)18-16(14-6-4-5-13(2)11-14)8-7-15-12-20-10-9-17(15)18/h4-12H,3H2,1-2H3. The van der Waals surface area contributed by atoms with Crippen LogP contribution in [0, 0.1) is 6.92 Å². The van der Waals surface area contributed by atoms with Gasteiger partial charge in [0.25, 0.3) is 0 Å². The summed E-state index contributed by atoms with van der Waals surface area (Å²) in [6.07, 6.45) is 3.46. The molecule has 110 valence electrons. The van der Waals surface area contributed by atoms with Crippen molar-refractivity contribution < 1.29 is 9.53 Å². The minimum Gasteiger partial charge on any atom is -0.462 e. The normalized spacial score (nSPS) is 10.6. The number of rotatable bonds is 3. The first-order valence-corrected chi connectivity index (χ1v) is 7.31. The third kappa shape index (κ3) is 2.58. The van der Waals surface area contributed by atoms with Gasteiger partial charge >= 0.3 is 5.97 Å². The highest BCUT2D eigenvalue weighted by atomic mass is 16.5. The van der Waals surface area contributed by atoms with Crippen molar-refractivity contribution in [3.63, 3.8) is 0 Å². The van der Waals surface area contributed by atoms with E-state index in [1.165, 1.54) is 0 Å². The molecular formula is C19H17NO2. The first-order valence-electron chi connectivity index (χ1n) is 7.31. The lowest BCUT2D eigenvalue weighted by Crippen LogP contribution is -2.07. The maximum Gasteiger partial charge on any atom is 0.339 e. The molecule has 0 saturated carbocycles. The van der Waals surface area contributed by atoms with E-state index in [-0.39, 0.29) is 5.97 Å². The van der Waals surface area contributed by atoms with Crippen LogP contribution in [0.1, 0.15) is 22.8 Å². The quantitative estimate of drug-likeness (QED) is 0.672. The van der Waals surface area contributed by atoms with E-state index in [1.54, 1.807) is 12.4 Å². The molecule has 0 spiro atoms. The van der Waals surface area contributed by atoms with Crippen LogP contribution >= 0.6 is 0 Å². The van der Waals surface area contributed by atoms with Crippen LogP contribution in [0.3, 0.4) is 0 Å². The third-order valence-electron chi connectivity index (χ3n) is 3.63. The highest BCUT2D eigenvalue weighted by Gasteiger charge is 2.17. The van der Waals surface area contributed by atoms with Crippen LogP contribution in [0.15, 0.2) is 54.9 Å². The van der Waals surface area contributed by atoms with Gasteiger partial charge in [0.1, 0.15) is 0 Å². The second-order valence-electron chi connectivity index (χ2n) is 5.17. The Labute approximate surface area is 129 Å². The molecular weight excluding hydrogens is 274 g/mol. The van der Waals surface area contributed by atoms with E-state index < -0.39 is 0 Å². The summed E-state index contributed by atoms with van der Waals surface area (Å²) in [4.78, 5) is 16.6. The summed E-state index contributed by atoms with van der Waals surface area (Å²) in [5, 5.41) is 1.80. The Morgan fingerprint density at radius 2 is 2.05 bits per heavy atom. The van der Waals surface area contributed by atoms with Gasteiger partial charge in [0.2, 0.25) is 0 Å². The molecule has 0 atom stereocenters. The molecule has 1 aromatic heterocycles. The van der Waals surface area contributed by atoms with E-state index in [1.807, 2.05) is 50.2 Å². The molecule has 3 aromatic rings. The van der Waals surface area contributed by atoms with E-state index in [4.69, 9.17) is 4.74 Å². The number of pyridine rings is 1. The fourth-order valence-corrected chi connectivity index (χ4v) is 2.65. The molecule has 0 bridgehead atoms. The maximum absolute atomic E-state index is 12.5. The van der Waals surface area contributed by atoms with Crippen LogP contribution in [-0.2, 0) is 4.74 Å². The minimum absolute atomic E-state index is 0.296. The van der Waals surface area contributed by atoms with Crippen LogP contribution in [0.2, 0.25) is 0 Å². The number of aryl methyl sites for hydroxylation is 1. The van der Waals surface area contributed by atoms with Crippen LogP contribution in [0.5, 0.6) is 0 Å². The number of ether oxygens (including phenoxy) is 1. The number of carbonyl (C=O) groups is 1. The Morgan fingerprint density at radius 3 is 2.82 bits per heavy atom. The van der Waals surface area contributed by atoms with E-state index in [0.717, 1.165) is 27.5 Å². The minimum atomic E-state index is -0.296. The monoisotopic (exact) mass is 291 g/mol. The van der Waals surface area contributed by atoms with Gasteiger partial charge in [0.15, 0.2) is 0 Å². The number of fused-ring (bicyclic) bond motifs is 1. The molecule has 0 fully saturated rings. The number of benzene rings is 2. The smallest absolute Gasteiger partial charge is 0.339 e. The zero-order valence-electron chi connectivity index (χ0n) is 12.7. The fraction of sp³-hybridized carbons (Fsp3) is 0.158. The summed E-state index contributed by atoms with van der Waals surface area (Å²) >= 11 is 0. The molecule has 0 radical (unpaired) electrons. The second-order valence-corrected chi connectivity index (χ2v) is 5.17. The van der Waals surface area contributed by atoms with Gasteiger partial charge in [-0.2, -0.15) is 0 Å². The van der Waals surface area contributed by atoms with Gasteiger partial charge in [-0.1, -0.05) is 42.0 Å². The van der Waals surface area contributed by atoms with Gasteiger partial charge in [0, 0.05) is 17.8 Å². The highest BCUT2D eigenvalue weighted by molar-refractivity contribution is 6.10. The average Bonchev–Trinajstić information content (AvgIpc) is 2.54. The third-order valence-corrected chi connectivity index (χ3v) is 3.63. The molecule has 0 N–H and O–H groups in total. The molecule has 0 amide bonds. The highest BCUT2D eigenvalue weighted by Crippen LogP contribution is 2.31. The summed E-state index contributed by atoms with van der Waals surface area (Å²) in [5.41, 5.74) is 3.66. The molecule has 0 saturated heterocycles. The fourth-order valence-electron chi connectivity index (χ4n) is 2.65. The lowest BCUT2D eigenvalue weighted by molar-refractivity contribution is 0.0529.